The van der Waals surface area contributed by atoms with E-state index >= 15 is 0 Å². The monoisotopic (exact) mass is 356 g/mol. The highest BCUT2D eigenvalue weighted by atomic mass is 16.5. The molecule has 0 spiro atoms. The number of amides is 1. The number of hydrogen-bond acceptors (Lipinski definition) is 5. The number of carbonyl (C=O) groups is 2. The Labute approximate surface area is 153 Å². The fourth-order valence-electron chi connectivity index (χ4n) is 3.19. The molecule has 1 fully saturated rings. The number of oxazole rings is 1. The van der Waals surface area contributed by atoms with E-state index in [4.69, 9.17) is 9.15 Å². The molecule has 3 rings (SSSR count). The van der Waals surface area contributed by atoms with Crippen LogP contribution in [0.1, 0.15) is 32.1 Å². The maximum absolute atomic E-state index is 12.5. The van der Waals surface area contributed by atoms with Gasteiger partial charge in [-0.2, -0.15) is 0 Å². The molecule has 1 unspecified atom stereocenters. The van der Waals surface area contributed by atoms with Gasteiger partial charge >= 0.3 is 5.97 Å². The molecule has 1 saturated heterocycles. The lowest BCUT2D eigenvalue weighted by atomic mass is 9.98. The van der Waals surface area contributed by atoms with Crippen molar-refractivity contribution < 1.29 is 18.7 Å². The van der Waals surface area contributed by atoms with E-state index in [0.29, 0.717) is 44.2 Å². The lowest BCUT2D eigenvalue weighted by Crippen LogP contribution is -2.42. The lowest BCUT2D eigenvalue weighted by molar-refractivity contribution is -0.151. The van der Waals surface area contributed by atoms with Crippen molar-refractivity contribution in [2.75, 3.05) is 19.7 Å². The van der Waals surface area contributed by atoms with E-state index < -0.39 is 0 Å². The third-order valence-corrected chi connectivity index (χ3v) is 4.56. The Bertz CT molecular complexity index is 741. The van der Waals surface area contributed by atoms with Gasteiger partial charge in [-0.1, -0.05) is 30.3 Å². The maximum Gasteiger partial charge on any atom is 0.310 e. The van der Waals surface area contributed by atoms with Crippen molar-refractivity contribution in [1.82, 2.24) is 9.88 Å². The number of likely N-dealkylation sites (tertiary alicyclic amines) is 1. The molecule has 1 atom stereocenters. The summed E-state index contributed by atoms with van der Waals surface area (Å²) < 4.78 is 10.8. The molecule has 1 aromatic heterocycles. The van der Waals surface area contributed by atoms with Crippen LogP contribution in [0.2, 0.25) is 0 Å². The fourth-order valence-corrected chi connectivity index (χ4v) is 3.19. The number of piperidine rings is 1. The van der Waals surface area contributed by atoms with Gasteiger partial charge < -0.3 is 14.1 Å². The van der Waals surface area contributed by atoms with E-state index in [0.717, 1.165) is 18.4 Å². The Balaban J connectivity index is 1.52. The van der Waals surface area contributed by atoms with Crippen molar-refractivity contribution in [2.45, 2.75) is 32.6 Å². The second-order valence-electron chi connectivity index (χ2n) is 6.42. The molecule has 0 bridgehead atoms. The summed E-state index contributed by atoms with van der Waals surface area (Å²) in [5, 5.41) is 0. The van der Waals surface area contributed by atoms with Gasteiger partial charge in [0.2, 0.25) is 5.91 Å². The van der Waals surface area contributed by atoms with Gasteiger partial charge in [-0.25, -0.2) is 4.98 Å². The first-order chi connectivity index (χ1) is 12.7. The van der Waals surface area contributed by atoms with Crippen LogP contribution in [0, 0.1) is 5.92 Å². The molecular weight excluding hydrogens is 332 g/mol. The van der Waals surface area contributed by atoms with Gasteiger partial charge in [0.05, 0.1) is 18.7 Å². The number of nitrogens with zero attached hydrogens (tertiary/aromatic N) is 2. The summed E-state index contributed by atoms with van der Waals surface area (Å²) >= 11 is 0. The molecule has 1 aromatic carbocycles. The number of benzene rings is 1. The van der Waals surface area contributed by atoms with Crippen molar-refractivity contribution in [3.05, 3.63) is 42.4 Å². The molecule has 2 aromatic rings. The zero-order chi connectivity index (χ0) is 18.4. The quantitative estimate of drug-likeness (QED) is 0.744. The van der Waals surface area contributed by atoms with Gasteiger partial charge in [-0.05, 0) is 19.8 Å². The van der Waals surface area contributed by atoms with Crippen LogP contribution in [0.25, 0.3) is 11.3 Å². The van der Waals surface area contributed by atoms with E-state index in [9.17, 15) is 9.59 Å². The van der Waals surface area contributed by atoms with Gasteiger partial charge in [0, 0.05) is 31.5 Å². The maximum atomic E-state index is 12.5. The third-order valence-electron chi connectivity index (χ3n) is 4.56. The highest BCUT2D eigenvalue weighted by molar-refractivity contribution is 5.78. The molecule has 6 heteroatoms. The van der Waals surface area contributed by atoms with Gasteiger partial charge in [-0.3, -0.25) is 9.59 Å². The van der Waals surface area contributed by atoms with Crippen LogP contribution < -0.4 is 0 Å². The molecule has 0 saturated carbocycles. The molecule has 6 nitrogen and oxygen atoms in total. The largest absolute Gasteiger partial charge is 0.466 e. The first kappa shape index (κ1) is 18.2. The van der Waals surface area contributed by atoms with Crippen LogP contribution in [-0.2, 0) is 20.7 Å². The molecule has 0 radical (unpaired) electrons. The summed E-state index contributed by atoms with van der Waals surface area (Å²) in [7, 11) is 0. The van der Waals surface area contributed by atoms with Crippen LogP contribution in [0.5, 0.6) is 0 Å². The van der Waals surface area contributed by atoms with E-state index in [1.54, 1.807) is 18.0 Å². The van der Waals surface area contributed by atoms with E-state index in [1.165, 1.54) is 0 Å². The lowest BCUT2D eigenvalue weighted by Gasteiger charge is -2.31. The molecule has 1 aliphatic rings. The minimum Gasteiger partial charge on any atom is -0.466 e. The molecule has 1 aliphatic heterocycles. The molecule has 0 N–H and O–H groups in total. The summed E-state index contributed by atoms with van der Waals surface area (Å²) in [4.78, 5) is 30.4. The Morgan fingerprint density at radius 3 is 2.88 bits per heavy atom. The number of ether oxygens (including phenoxy) is 1. The van der Waals surface area contributed by atoms with Crippen LogP contribution in [-0.4, -0.2) is 41.5 Å². The molecule has 1 amide bonds. The first-order valence-corrected chi connectivity index (χ1v) is 9.12. The van der Waals surface area contributed by atoms with Gasteiger partial charge in [0.15, 0.2) is 11.7 Å². The van der Waals surface area contributed by atoms with Crippen molar-refractivity contribution in [2.24, 2.45) is 5.92 Å². The minimum atomic E-state index is -0.209. The first-order valence-electron chi connectivity index (χ1n) is 9.12. The summed E-state index contributed by atoms with van der Waals surface area (Å²) in [6.45, 7) is 3.30. The number of aryl methyl sites for hydroxylation is 1. The van der Waals surface area contributed by atoms with Crippen molar-refractivity contribution in [1.29, 1.82) is 0 Å². The standard InChI is InChI=1S/C20H24N2O4/c1-2-25-20(24)16-9-6-12-22(14-16)19(23)11-10-18-21-13-17(26-18)15-7-4-3-5-8-15/h3-5,7-8,13,16H,2,6,9-12,14H2,1H3. The van der Waals surface area contributed by atoms with E-state index in [2.05, 4.69) is 4.98 Å². The molecule has 2 heterocycles. The predicted octanol–water partition coefficient (Wildman–Crippen LogP) is 3.08. The number of carbonyl (C=O) groups excluding carboxylic acids is 2. The Morgan fingerprint density at radius 1 is 1.31 bits per heavy atom. The van der Waals surface area contributed by atoms with Crippen molar-refractivity contribution in [3.63, 3.8) is 0 Å². The van der Waals surface area contributed by atoms with Gasteiger partial charge in [-0.15, -0.1) is 0 Å². The Morgan fingerprint density at radius 2 is 2.12 bits per heavy atom. The molecule has 26 heavy (non-hydrogen) atoms. The summed E-state index contributed by atoms with van der Waals surface area (Å²) in [6, 6.07) is 9.74. The third kappa shape index (κ3) is 4.50. The topological polar surface area (TPSA) is 72.6 Å². The van der Waals surface area contributed by atoms with E-state index in [-0.39, 0.29) is 17.8 Å². The van der Waals surface area contributed by atoms with Gasteiger partial charge in [0.25, 0.3) is 0 Å². The molecule has 138 valence electrons. The van der Waals surface area contributed by atoms with Crippen molar-refractivity contribution >= 4 is 11.9 Å². The van der Waals surface area contributed by atoms with E-state index in [1.807, 2.05) is 30.3 Å². The van der Waals surface area contributed by atoms with Crippen LogP contribution in [0.3, 0.4) is 0 Å². The SMILES string of the molecule is CCOC(=O)C1CCCN(C(=O)CCc2ncc(-c3ccccc3)o2)C1. The number of rotatable bonds is 6. The summed E-state index contributed by atoms with van der Waals surface area (Å²) in [6.07, 6.45) is 4.07. The number of esters is 1. The zero-order valence-corrected chi connectivity index (χ0v) is 15.0. The summed E-state index contributed by atoms with van der Waals surface area (Å²) in [5.41, 5.74) is 0.964. The zero-order valence-electron chi connectivity index (χ0n) is 15.0. The second-order valence-corrected chi connectivity index (χ2v) is 6.42. The van der Waals surface area contributed by atoms with Crippen molar-refractivity contribution in [3.8, 4) is 11.3 Å². The average Bonchev–Trinajstić information content (AvgIpc) is 3.16. The predicted molar refractivity (Wildman–Crippen MR) is 96.2 cm³/mol. The Kier molecular flexibility index (Phi) is 6.04. The van der Waals surface area contributed by atoms with Crippen LogP contribution in [0.15, 0.2) is 40.9 Å². The molecular formula is C20H24N2O4. The highest BCUT2D eigenvalue weighted by Crippen LogP contribution is 2.22. The average molecular weight is 356 g/mol. The highest BCUT2D eigenvalue weighted by Gasteiger charge is 2.29. The summed E-state index contributed by atoms with van der Waals surface area (Å²) in [5.74, 6) is 0.868. The Hall–Kier alpha value is -2.63. The second kappa shape index (κ2) is 8.65. The van der Waals surface area contributed by atoms with Crippen LogP contribution in [0.4, 0.5) is 0 Å². The molecule has 0 aliphatic carbocycles. The van der Waals surface area contributed by atoms with Crippen LogP contribution >= 0.6 is 0 Å². The normalized spacial score (nSPS) is 17.1. The number of hydrogen-bond donors (Lipinski definition) is 0. The minimum absolute atomic E-state index is 0.0264. The van der Waals surface area contributed by atoms with Gasteiger partial charge in [0.1, 0.15) is 0 Å². The fraction of sp³-hybridized carbons (Fsp3) is 0.450. The smallest absolute Gasteiger partial charge is 0.310 e. The number of aromatic nitrogens is 1.